The van der Waals surface area contributed by atoms with Crippen molar-refractivity contribution in [2.75, 3.05) is 13.1 Å². The molecule has 0 N–H and O–H groups in total. The van der Waals surface area contributed by atoms with Crippen LogP contribution < -0.4 is 0 Å². The normalized spacial score (nSPS) is 21.9. The fourth-order valence-electron chi connectivity index (χ4n) is 1.83. The van der Waals surface area contributed by atoms with Crippen LogP contribution in [-0.4, -0.2) is 41.2 Å². The van der Waals surface area contributed by atoms with E-state index < -0.39 is 24.8 Å². The number of halogens is 5. The molecule has 0 aromatic carbocycles. The summed E-state index contributed by atoms with van der Waals surface area (Å²) in [5.74, 6) is -2.45. The number of nitrogens with zero attached hydrogens (tertiary/aromatic N) is 2. The lowest BCUT2D eigenvalue weighted by Crippen LogP contribution is -2.49. The van der Waals surface area contributed by atoms with Gasteiger partial charge in [0.05, 0.1) is 12.7 Å². The van der Waals surface area contributed by atoms with Crippen molar-refractivity contribution in [3.63, 3.8) is 0 Å². The molecule has 1 aliphatic heterocycles. The van der Waals surface area contributed by atoms with E-state index in [4.69, 9.17) is 0 Å². The van der Waals surface area contributed by atoms with Crippen LogP contribution in [0.3, 0.4) is 0 Å². The van der Waals surface area contributed by atoms with Gasteiger partial charge in [-0.15, -0.1) is 0 Å². The summed E-state index contributed by atoms with van der Waals surface area (Å²) in [4.78, 5) is 14.8. The second-order valence-electron chi connectivity index (χ2n) is 5.16. The van der Waals surface area contributed by atoms with Gasteiger partial charge in [0.15, 0.2) is 0 Å². The van der Waals surface area contributed by atoms with Gasteiger partial charge in [-0.1, -0.05) is 6.92 Å². The van der Waals surface area contributed by atoms with Crippen molar-refractivity contribution in [2.24, 2.45) is 5.92 Å². The van der Waals surface area contributed by atoms with Crippen LogP contribution in [0.5, 0.6) is 0 Å². The third-order valence-electron chi connectivity index (χ3n) is 3.37. The first-order valence-corrected chi connectivity index (χ1v) is 6.69. The second kappa shape index (κ2) is 7.51. The van der Waals surface area contributed by atoms with Crippen LogP contribution >= 0.6 is 0 Å². The predicted octanol–water partition coefficient (Wildman–Crippen LogP) is 3.28. The van der Waals surface area contributed by atoms with Crippen molar-refractivity contribution < 1.29 is 26.7 Å². The smallest absolute Gasteiger partial charge is 0.332 e. The Morgan fingerprint density at radius 2 is 2.05 bits per heavy atom. The Balaban J connectivity index is 0.000000255. The molecule has 1 fully saturated rings. The number of likely N-dealkylation sites (tertiary alicyclic amines) is 1. The fourth-order valence-corrected chi connectivity index (χ4v) is 1.83. The minimum Gasteiger partial charge on any atom is -0.332 e. The third-order valence-corrected chi connectivity index (χ3v) is 3.37. The zero-order valence-electron chi connectivity index (χ0n) is 12.2. The summed E-state index contributed by atoms with van der Waals surface area (Å²) in [6, 6.07) is 1.63. The van der Waals surface area contributed by atoms with Gasteiger partial charge in [-0.05, 0) is 30.9 Å². The van der Waals surface area contributed by atoms with Gasteiger partial charge in [0.2, 0.25) is 0 Å². The van der Waals surface area contributed by atoms with Crippen LogP contribution in [0, 0.1) is 18.7 Å². The molecule has 0 spiro atoms. The Morgan fingerprint density at radius 1 is 1.41 bits per heavy atom. The molecule has 124 valence electrons. The number of alkyl halides is 4. The van der Waals surface area contributed by atoms with Crippen LogP contribution in [0.1, 0.15) is 18.9 Å². The zero-order chi connectivity index (χ0) is 16.9. The molecule has 0 radical (unpaired) electrons. The number of aromatic nitrogens is 1. The van der Waals surface area contributed by atoms with E-state index in [9.17, 15) is 26.7 Å². The molecule has 3 nitrogen and oxygen atoms in total. The first-order chi connectivity index (χ1) is 10.1. The molecule has 0 bridgehead atoms. The summed E-state index contributed by atoms with van der Waals surface area (Å²) in [5.41, 5.74) is 0.639. The molecule has 1 amide bonds. The molecule has 1 aromatic rings. The van der Waals surface area contributed by atoms with Gasteiger partial charge in [0, 0.05) is 12.7 Å². The molecule has 8 heteroatoms. The highest BCUT2D eigenvalue weighted by Crippen LogP contribution is 2.25. The molecule has 0 saturated carbocycles. The fraction of sp³-hybridized carbons (Fsp3) is 0.571. The average Bonchev–Trinajstić information content (AvgIpc) is 2.44. The molecule has 2 atom stereocenters. The first-order valence-electron chi connectivity index (χ1n) is 6.69. The molecule has 1 aromatic heterocycles. The highest BCUT2D eigenvalue weighted by Gasteiger charge is 2.44. The average molecular weight is 324 g/mol. The van der Waals surface area contributed by atoms with E-state index in [1.807, 2.05) is 0 Å². The summed E-state index contributed by atoms with van der Waals surface area (Å²) in [6.07, 6.45) is -3.19. The Labute approximate surface area is 125 Å². The Hall–Kier alpha value is -1.73. The standard InChI is InChI=1S/C8H11F4NO.C6H6FN/c1-5-2-3-13(4-6(5)9)7(14)8(10,11)12;1-5-2-3-8-4-6(5)7/h5-6H,2-4H2,1H3;2-4H,1H3/t5-,6+;/m0./s1. The van der Waals surface area contributed by atoms with Crippen LogP contribution in [-0.2, 0) is 4.79 Å². The van der Waals surface area contributed by atoms with Crippen LogP contribution in [0.25, 0.3) is 0 Å². The van der Waals surface area contributed by atoms with E-state index in [1.54, 1.807) is 26.1 Å². The van der Waals surface area contributed by atoms with E-state index in [2.05, 4.69) is 4.98 Å². The molecule has 1 aliphatic rings. The van der Waals surface area contributed by atoms with Crippen LogP contribution in [0.2, 0.25) is 0 Å². The summed E-state index contributed by atoms with van der Waals surface area (Å²) in [7, 11) is 0. The maximum atomic E-state index is 13.0. The number of carbonyl (C=O) groups is 1. The lowest BCUT2D eigenvalue weighted by molar-refractivity contribution is -0.187. The number of hydrogen-bond donors (Lipinski definition) is 0. The summed E-state index contributed by atoms with van der Waals surface area (Å²) < 4.78 is 61.1. The maximum Gasteiger partial charge on any atom is 0.471 e. The molecular formula is C14H17F5N2O. The second-order valence-corrected chi connectivity index (χ2v) is 5.16. The van der Waals surface area contributed by atoms with Crippen molar-refractivity contribution >= 4 is 5.91 Å². The topological polar surface area (TPSA) is 33.2 Å². The minimum absolute atomic E-state index is 0.0140. The lowest BCUT2D eigenvalue weighted by Gasteiger charge is -2.33. The van der Waals surface area contributed by atoms with Gasteiger partial charge in [-0.25, -0.2) is 8.78 Å². The summed E-state index contributed by atoms with van der Waals surface area (Å²) >= 11 is 0. The van der Waals surface area contributed by atoms with E-state index in [0.717, 1.165) is 0 Å². The molecule has 22 heavy (non-hydrogen) atoms. The van der Waals surface area contributed by atoms with Crippen molar-refractivity contribution in [3.8, 4) is 0 Å². The van der Waals surface area contributed by atoms with Crippen LogP contribution in [0.15, 0.2) is 18.5 Å². The van der Waals surface area contributed by atoms with Gasteiger partial charge in [-0.3, -0.25) is 9.78 Å². The van der Waals surface area contributed by atoms with Gasteiger partial charge >= 0.3 is 12.1 Å². The Kier molecular flexibility index (Phi) is 6.25. The highest BCUT2D eigenvalue weighted by atomic mass is 19.4. The number of piperidine rings is 1. The Bertz CT molecular complexity index is 485. The van der Waals surface area contributed by atoms with E-state index in [0.29, 0.717) is 10.5 Å². The zero-order valence-corrected chi connectivity index (χ0v) is 12.2. The largest absolute Gasteiger partial charge is 0.471 e. The molecule has 1 saturated heterocycles. The number of aryl methyl sites for hydroxylation is 1. The van der Waals surface area contributed by atoms with Gasteiger partial charge < -0.3 is 4.90 Å². The molecule has 2 rings (SSSR count). The monoisotopic (exact) mass is 324 g/mol. The minimum atomic E-state index is -4.89. The highest BCUT2D eigenvalue weighted by molar-refractivity contribution is 5.82. The molecular weight excluding hydrogens is 307 g/mol. The van der Waals surface area contributed by atoms with Gasteiger partial charge in [0.25, 0.3) is 0 Å². The number of amides is 1. The van der Waals surface area contributed by atoms with Crippen molar-refractivity contribution in [1.29, 1.82) is 0 Å². The number of hydrogen-bond acceptors (Lipinski definition) is 2. The van der Waals surface area contributed by atoms with Crippen molar-refractivity contribution in [2.45, 2.75) is 32.6 Å². The quantitative estimate of drug-likeness (QED) is 0.686. The van der Waals surface area contributed by atoms with Crippen molar-refractivity contribution in [3.05, 3.63) is 29.8 Å². The molecule has 0 aliphatic carbocycles. The predicted molar refractivity (Wildman–Crippen MR) is 70.2 cm³/mol. The summed E-state index contributed by atoms with van der Waals surface area (Å²) in [5, 5.41) is 0. The van der Waals surface area contributed by atoms with Gasteiger partial charge in [-0.2, -0.15) is 13.2 Å². The summed E-state index contributed by atoms with van der Waals surface area (Å²) in [6.45, 7) is 2.87. The maximum absolute atomic E-state index is 13.0. The lowest BCUT2D eigenvalue weighted by atomic mass is 9.97. The first kappa shape index (κ1) is 18.3. The van der Waals surface area contributed by atoms with E-state index in [-0.39, 0.29) is 24.7 Å². The Morgan fingerprint density at radius 3 is 2.45 bits per heavy atom. The third kappa shape index (κ3) is 5.23. The van der Waals surface area contributed by atoms with E-state index >= 15 is 0 Å². The molecule has 0 unspecified atom stereocenters. The number of pyridine rings is 1. The van der Waals surface area contributed by atoms with Gasteiger partial charge in [0.1, 0.15) is 12.0 Å². The van der Waals surface area contributed by atoms with Crippen molar-refractivity contribution in [1.82, 2.24) is 9.88 Å². The molecule has 2 heterocycles. The number of rotatable bonds is 0. The van der Waals surface area contributed by atoms with Crippen LogP contribution in [0.4, 0.5) is 22.0 Å². The number of carbonyl (C=O) groups excluding carboxylic acids is 1. The van der Waals surface area contributed by atoms with E-state index in [1.165, 1.54) is 6.20 Å². The SMILES string of the molecule is C[C@H]1CCN(C(=O)C(F)(F)F)C[C@H]1F.Cc1ccncc1F.